The third-order valence-electron chi connectivity index (χ3n) is 3.61. The molecule has 6 nitrogen and oxygen atoms in total. The highest BCUT2D eigenvalue weighted by Crippen LogP contribution is 2.12. The normalized spacial score (nSPS) is 12.3. The van der Waals surface area contributed by atoms with Crippen molar-refractivity contribution in [3.63, 3.8) is 0 Å². The lowest BCUT2D eigenvalue weighted by Crippen LogP contribution is -2.39. The van der Waals surface area contributed by atoms with Crippen molar-refractivity contribution in [2.24, 2.45) is 4.99 Å². The predicted octanol–water partition coefficient (Wildman–Crippen LogP) is 2.38. The summed E-state index contributed by atoms with van der Waals surface area (Å²) in [4.78, 5) is 20.3. The van der Waals surface area contributed by atoms with Gasteiger partial charge in [0.2, 0.25) is 5.91 Å². The van der Waals surface area contributed by atoms with Crippen LogP contribution in [0.3, 0.4) is 0 Å². The summed E-state index contributed by atoms with van der Waals surface area (Å²) in [6.45, 7) is 5.66. The standard InChI is InChI=1S/C19H25N5O/c1-3-21-19(22-12-15(2)16-8-5-4-6-9-16)23-14-18(25)24-17-10-7-11-20-13-17/h4-11,13,15H,3,12,14H2,1-2H3,(H,24,25)(H2,21,22,23). The van der Waals surface area contributed by atoms with E-state index in [1.54, 1.807) is 24.5 Å². The summed E-state index contributed by atoms with van der Waals surface area (Å²) in [5.74, 6) is 0.794. The molecular formula is C19H25N5O. The number of carbonyl (C=O) groups is 1. The Labute approximate surface area is 148 Å². The van der Waals surface area contributed by atoms with E-state index in [0.29, 0.717) is 17.6 Å². The van der Waals surface area contributed by atoms with Crippen LogP contribution in [0.5, 0.6) is 0 Å². The lowest BCUT2D eigenvalue weighted by molar-refractivity contribution is -0.114. The highest BCUT2D eigenvalue weighted by atomic mass is 16.1. The SMILES string of the molecule is CCNC(=NCC(=O)Nc1cccnc1)NCC(C)c1ccccc1. The third kappa shape index (κ3) is 6.63. The van der Waals surface area contributed by atoms with Crippen LogP contribution >= 0.6 is 0 Å². The van der Waals surface area contributed by atoms with E-state index in [1.807, 2.05) is 25.1 Å². The van der Waals surface area contributed by atoms with Crippen LogP contribution < -0.4 is 16.0 Å². The number of hydrogen-bond acceptors (Lipinski definition) is 3. The van der Waals surface area contributed by atoms with Crippen LogP contribution in [-0.2, 0) is 4.79 Å². The molecule has 25 heavy (non-hydrogen) atoms. The van der Waals surface area contributed by atoms with Crippen molar-refractivity contribution in [2.75, 3.05) is 25.0 Å². The first-order chi connectivity index (χ1) is 12.2. The molecule has 1 aromatic heterocycles. The van der Waals surface area contributed by atoms with E-state index in [1.165, 1.54) is 5.56 Å². The fraction of sp³-hybridized carbons (Fsp3) is 0.316. The maximum absolute atomic E-state index is 12.0. The maximum atomic E-state index is 12.0. The van der Waals surface area contributed by atoms with E-state index < -0.39 is 0 Å². The summed E-state index contributed by atoms with van der Waals surface area (Å²) in [6, 6.07) is 13.9. The van der Waals surface area contributed by atoms with Gasteiger partial charge in [-0.15, -0.1) is 0 Å². The Bertz CT molecular complexity index is 673. The zero-order valence-electron chi connectivity index (χ0n) is 14.7. The lowest BCUT2D eigenvalue weighted by Gasteiger charge is -2.16. The molecule has 2 rings (SSSR count). The molecule has 0 spiro atoms. The van der Waals surface area contributed by atoms with Crippen LogP contribution in [0.4, 0.5) is 5.69 Å². The molecular weight excluding hydrogens is 314 g/mol. The maximum Gasteiger partial charge on any atom is 0.246 e. The number of nitrogens with zero attached hydrogens (tertiary/aromatic N) is 2. The molecule has 6 heteroatoms. The molecule has 132 valence electrons. The second-order valence-corrected chi connectivity index (χ2v) is 5.68. The number of nitrogens with one attached hydrogen (secondary N) is 3. The number of benzene rings is 1. The van der Waals surface area contributed by atoms with Gasteiger partial charge < -0.3 is 16.0 Å². The summed E-state index contributed by atoms with van der Waals surface area (Å²) in [6.07, 6.45) is 3.27. The zero-order chi connectivity index (χ0) is 17.9. The van der Waals surface area contributed by atoms with Gasteiger partial charge in [-0.2, -0.15) is 0 Å². The molecule has 2 aromatic rings. The fourth-order valence-electron chi connectivity index (χ4n) is 2.28. The number of rotatable bonds is 7. The van der Waals surface area contributed by atoms with Crippen LogP contribution in [0.15, 0.2) is 59.9 Å². The van der Waals surface area contributed by atoms with Crippen molar-refractivity contribution in [1.29, 1.82) is 0 Å². The molecule has 1 amide bonds. The molecule has 0 aliphatic rings. The minimum absolute atomic E-state index is 0.0456. The first-order valence-corrected chi connectivity index (χ1v) is 8.46. The topological polar surface area (TPSA) is 78.4 Å². The Kier molecular flexibility index (Phi) is 7.43. The van der Waals surface area contributed by atoms with Crippen molar-refractivity contribution in [1.82, 2.24) is 15.6 Å². The van der Waals surface area contributed by atoms with Crippen LogP contribution in [0.1, 0.15) is 25.3 Å². The van der Waals surface area contributed by atoms with E-state index in [4.69, 9.17) is 0 Å². The van der Waals surface area contributed by atoms with E-state index in [0.717, 1.165) is 13.1 Å². The number of amides is 1. The monoisotopic (exact) mass is 339 g/mol. The Morgan fingerprint density at radius 3 is 2.64 bits per heavy atom. The van der Waals surface area contributed by atoms with Gasteiger partial charge in [0, 0.05) is 19.3 Å². The molecule has 0 saturated heterocycles. The second-order valence-electron chi connectivity index (χ2n) is 5.68. The Hall–Kier alpha value is -2.89. The van der Waals surface area contributed by atoms with Gasteiger partial charge in [0.15, 0.2) is 5.96 Å². The number of aromatic nitrogens is 1. The first-order valence-electron chi connectivity index (χ1n) is 8.46. The first kappa shape index (κ1) is 18.4. The highest BCUT2D eigenvalue weighted by Gasteiger charge is 2.07. The molecule has 0 aliphatic heterocycles. The number of pyridine rings is 1. The van der Waals surface area contributed by atoms with Crippen molar-refractivity contribution >= 4 is 17.6 Å². The van der Waals surface area contributed by atoms with Crippen LogP contribution in [0.25, 0.3) is 0 Å². The minimum Gasteiger partial charge on any atom is -0.357 e. The molecule has 1 unspecified atom stereocenters. The molecule has 0 aliphatic carbocycles. The summed E-state index contributed by atoms with van der Waals surface area (Å²) in [7, 11) is 0. The van der Waals surface area contributed by atoms with Gasteiger partial charge in [-0.1, -0.05) is 37.3 Å². The summed E-state index contributed by atoms with van der Waals surface area (Å²) < 4.78 is 0. The Morgan fingerprint density at radius 1 is 1.16 bits per heavy atom. The summed E-state index contributed by atoms with van der Waals surface area (Å²) in [5.41, 5.74) is 1.93. The summed E-state index contributed by atoms with van der Waals surface area (Å²) in [5, 5.41) is 9.21. The van der Waals surface area contributed by atoms with E-state index in [-0.39, 0.29) is 12.5 Å². The average Bonchev–Trinajstić information content (AvgIpc) is 2.65. The van der Waals surface area contributed by atoms with Crippen molar-refractivity contribution < 1.29 is 4.79 Å². The lowest BCUT2D eigenvalue weighted by atomic mass is 10.0. The second kappa shape index (κ2) is 10.1. The smallest absolute Gasteiger partial charge is 0.246 e. The van der Waals surface area contributed by atoms with Crippen LogP contribution in [0.2, 0.25) is 0 Å². The average molecular weight is 339 g/mol. The van der Waals surface area contributed by atoms with Crippen LogP contribution in [0, 0.1) is 0 Å². The molecule has 0 radical (unpaired) electrons. The van der Waals surface area contributed by atoms with Gasteiger partial charge in [-0.25, -0.2) is 4.99 Å². The number of anilines is 1. The molecule has 1 aromatic carbocycles. The van der Waals surface area contributed by atoms with Gasteiger partial charge in [-0.05, 0) is 30.5 Å². The third-order valence-corrected chi connectivity index (χ3v) is 3.61. The van der Waals surface area contributed by atoms with Gasteiger partial charge in [0.25, 0.3) is 0 Å². The van der Waals surface area contributed by atoms with Gasteiger partial charge in [0.05, 0.1) is 11.9 Å². The Balaban J connectivity index is 1.86. The van der Waals surface area contributed by atoms with Gasteiger partial charge in [-0.3, -0.25) is 9.78 Å². The Morgan fingerprint density at radius 2 is 1.96 bits per heavy atom. The predicted molar refractivity (Wildman–Crippen MR) is 102 cm³/mol. The van der Waals surface area contributed by atoms with E-state index in [2.05, 4.69) is 45.0 Å². The zero-order valence-corrected chi connectivity index (χ0v) is 14.7. The van der Waals surface area contributed by atoms with Crippen molar-refractivity contribution in [2.45, 2.75) is 19.8 Å². The van der Waals surface area contributed by atoms with Gasteiger partial charge >= 0.3 is 0 Å². The number of hydrogen-bond donors (Lipinski definition) is 3. The van der Waals surface area contributed by atoms with Crippen LogP contribution in [-0.4, -0.2) is 36.5 Å². The number of guanidine groups is 1. The van der Waals surface area contributed by atoms with E-state index >= 15 is 0 Å². The molecule has 1 atom stereocenters. The summed E-state index contributed by atoms with van der Waals surface area (Å²) >= 11 is 0. The van der Waals surface area contributed by atoms with E-state index in [9.17, 15) is 4.79 Å². The highest BCUT2D eigenvalue weighted by molar-refractivity contribution is 5.93. The molecule has 0 fully saturated rings. The van der Waals surface area contributed by atoms with Crippen molar-refractivity contribution in [3.05, 3.63) is 60.4 Å². The molecule has 0 saturated carbocycles. The molecule has 0 bridgehead atoms. The number of carbonyl (C=O) groups excluding carboxylic acids is 1. The largest absolute Gasteiger partial charge is 0.357 e. The van der Waals surface area contributed by atoms with Crippen molar-refractivity contribution in [3.8, 4) is 0 Å². The fourth-order valence-corrected chi connectivity index (χ4v) is 2.28. The quantitative estimate of drug-likeness (QED) is 0.535. The number of aliphatic imine (C=N–C) groups is 1. The molecule has 3 N–H and O–H groups in total. The van der Waals surface area contributed by atoms with Gasteiger partial charge in [0.1, 0.15) is 6.54 Å². The molecule has 1 heterocycles. The minimum atomic E-state index is -0.179.